The normalized spacial score (nSPS) is 19.8. The van der Waals surface area contributed by atoms with Crippen molar-refractivity contribution in [2.24, 2.45) is 5.92 Å². The van der Waals surface area contributed by atoms with Gasteiger partial charge in [-0.15, -0.1) is 0 Å². The fraction of sp³-hybridized carbons (Fsp3) is 0.923. The van der Waals surface area contributed by atoms with Crippen molar-refractivity contribution in [1.29, 1.82) is 0 Å². The molecule has 0 bridgehead atoms. The molecule has 0 aromatic heterocycles. The van der Waals surface area contributed by atoms with Crippen LogP contribution in [0.15, 0.2) is 0 Å². The predicted octanol–water partition coefficient (Wildman–Crippen LogP) is 3.43. The maximum atomic E-state index is 13.0. The number of carbonyl (C=O) groups excluding carboxylic acids is 1. The van der Waals surface area contributed by atoms with Crippen molar-refractivity contribution in [1.82, 2.24) is 5.32 Å². The van der Waals surface area contributed by atoms with E-state index < -0.39 is 18.4 Å². The van der Waals surface area contributed by atoms with Gasteiger partial charge in [-0.05, 0) is 39.5 Å². The Kier molecular flexibility index (Phi) is 5.22. The molecular weight excluding hydrogens is 221 g/mol. The van der Waals surface area contributed by atoms with Crippen LogP contribution in [0.4, 0.5) is 9.18 Å². The number of rotatable bonds is 3. The minimum Gasteiger partial charge on any atom is -0.444 e. The summed E-state index contributed by atoms with van der Waals surface area (Å²) in [7, 11) is 0. The molecule has 0 aromatic carbocycles. The lowest BCUT2D eigenvalue weighted by atomic mass is 9.84. The number of alkyl carbamates (subject to hydrolysis) is 1. The molecule has 3 nitrogen and oxygen atoms in total. The third-order valence-electron chi connectivity index (χ3n) is 3.09. The van der Waals surface area contributed by atoms with Crippen molar-refractivity contribution in [3.8, 4) is 0 Å². The molecule has 0 unspecified atom stereocenters. The molecule has 100 valence electrons. The highest BCUT2D eigenvalue weighted by atomic mass is 19.1. The Labute approximate surface area is 103 Å². The van der Waals surface area contributed by atoms with Gasteiger partial charge in [-0.25, -0.2) is 9.18 Å². The van der Waals surface area contributed by atoms with Crippen LogP contribution in [0.25, 0.3) is 0 Å². The van der Waals surface area contributed by atoms with Gasteiger partial charge in [0.2, 0.25) is 0 Å². The quantitative estimate of drug-likeness (QED) is 0.827. The van der Waals surface area contributed by atoms with Crippen LogP contribution in [0.2, 0.25) is 0 Å². The maximum absolute atomic E-state index is 13.0. The van der Waals surface area contributed by atoms with E-state index in [1.807, 2.05) is 0 Å². The van der Waals surface area contributed by atoms with E-state index >= 15 is 0 Å². The van der Waals surface area contributed by atoms with Crippen molar-refractivity contribution >= 4 is 6.09 Å². The van der Waals surface area contributed by atoms with Gasteiger partial charge >= 0.3 is 6.09 Å². The highest BCUT2D eigenvalue weighted by Gasteiger charge is 2.26. The van der Waals surface area contributed by atoms with Gasteiger partial charge < -0.3 is 10.1 Å². The van der Waals surface area contributed by atoms with Crippen molar-refractivity contribution in [3.05, 3.63) is 0 Å². The van der Waals surface area contributed by atoms with Crippen LogP contribution < -0.4 is 5.32 Å². The minimum absolute atomic E-state index is 0.265. The highest BCUT2D eigenvalue weighted by molar-refractivity contribution is 5.68. The lowest BCUT2D eigenvalue weighted by Gasteiger charge is -2.30. The Hall–Kier alpha value is -0.800. The lowest BCUT2D eigenvalue weighted by Crippen LogP contribution is -2.44. The van der Waals surface area contributed by atoms with E-state index in [0.29, 0.717) is 0 Å². The third-order valence-corrected chi connectivity index (χ3v) is 3.09. The molecule has 1 atom stereocenters. The molecule has 17 heavy (non-hydrogen) atoms. The molecule has 0 aliphatic heterocycles. The van der Waals surface area contributed by atoms with Gasteiger partial charge in [0, 0.05) is 0 Å². The lowest BCUT2D eigenvalue weighted by molar-refractivity contribution is 0.0464. The highest BCUT2D eigenvalue weighted by Crippen LogP contribution is 2.26. The molecule has 1 fully saturated rings. The summed E-state index contributed by atoms with van der Waals surface area (Å²) in [5, 5.41) is 2.66. The van der Waals surface area contributed by atoms with Crippen LogP contribution in [-0.4, -0.2) is 24.4 Å². The molecule has 1 aliphatic carbocycles. The van der Waals surface area contributed by atoms with Gasteiger partial charge in [-0.3, -0.25) is 0 Å². The summed E-state index contributed by atoms with van der Waals surface area (Å²) in [6, 6.07) is -0.384. The van der Waals surface area contributed by atoms with Crippen LogP contribution >= 0.6 is 0 Å². The third kappa shape index (κ3) is 5.37. The van der Waals surface area contributed by atoms with Gasteiger partial charge in [0.05, 0.1) is 6.04 Å². The smallest absolute Gasteiger partial charge is 0.407 e. The van der Waals surface area contributed by atoms with Crippen LogP contribution in [-0.2, 0) is 4.74 Å². The zero-order valence-corrected chi connectivity index (χ0v) is 11.1. The summed E-state index contributed by atoms with van der Waals surface area (Å²) in [6.45, 7) is 4.90. The zero-order chi connectivity index (χ0) is 12.9. The standard InChI is InChI=1S/C13H24FNO2/c1-13(2,3)17-12(16)15-11(9-14)10-7-5-4-6-8-10/h10-11H,4-9H2,1-3H3,(H,15,16)/t11-/m1/s1. The minimum atomic E-state index is -0.530. The second kappa shape index (κ2) is 6.22. The predicted molar refractivity (Wildman–Crippen MR) is 65.7 cm³/mol. The fourth-order valence-electron chi connectivity index (χ4n) is 2.28. The number of amides is 1. The van der Waals surface area contributed by atoms with Crippen LogP contribution in [0, 0.1) is 5.92 Å². The first-order chi connectivity index (χ1) is 7.92. The first kappa shape index (κ1) is 14.3. The molecule has 0 saturated heterocycles. The average molecular weight is 245 g/mol. The van der Waals surface area contributed by atoms with E-state index in [0.717, 1.165) is 25.7 Å². The Morgan fingerprint density at radius 1 is 1.35 bits per heavy atom. The number of halogens is 1. The first-order valence-electron chi connectivity index (χ1n) is 6.48. The SMILES string of the molecule is CC(C)(C)OC(=O)N[C@H](CF)C1CCCCC1. The van der Waals surface area contributed by atoms with E-state index in [4.69, 9.17) is 4.74 Å². The molecule has 1 amide bonds. The molecule has 0 spiro atoms. The van der Waals surface area contributed by atoms with Crippen molar-refractivity contribution in [2.45, 2.75) is 64.5 Å². The summed E-state index contributed by atoms with van der Waals surface area (Å²) in [5.41, 5.74) is -0.530. The average Bonchev–Trinajstić information content (AvgIpc) is 2.24. The van der Waals surface area contributed by atoms with E-state index in [2.05, 4.69) is 5.32 Å². The van der Waals surface area contributed by atoms with Crippen LogP contribution in [0.5, 0.6) is 0 Å². The number of alkyl halides is 1. The molecule has 0 aromatic rings. The Morgan fingerprint density at radius 3 is 2.41 bits per heavy atom. The van der Waals surface area contributed by atoms with Crippen molar-refractivity contribution < 1.29 is 13.9 Å². The van der Waals surface area contributed by atoms with Gasteiger partial charge in [0.1, 0.15) is 12.3 Å². The largest absolute Gasteiger partial charge is 0.444 e. The van der Waals surface area contributed by atoms with Crippen LogP contribution in [0.1, 0.15) is 52.9 Å². The number of hydrogen-bond acceptors (Lipinski definition) is 2. The molecule has 1 saturated carbocycles. The molecule has 1 rings (SSSR count). The molecule has 4 heteroatoms. The van der Waals surface area contributed by atoms with E-state index in [1.165, 1.54) is 6.42 Å². The number of hydrogen-bond donors (Lipinski definition) is 1. The maximum Gasteiger partial charge on any atom is 0.407 e. The monoisotopic (exact) mass is 245 g/mol. The summed E-state index contributed by atoms with van der Waals surface area (Å²) in [5.74, 6) is 0.265. The van der Waals surface area contributed by atoms with Gasteiger partial charge in [0.15, 0.2) is 0 Å². The van der Waals surface area contributed by atoms with Gasteiger partial charge in [-0.1, -0.05) is 19.3 Å². The summed E-state index contributed by atoms with van der Waals surface area (Å²) in [4.78, 5) is 11.6. The van der Waals surface area contributed by atoms with Gasteiger partial charge in [0.25, 0.3) is 0 Å². The number of nitrogens with one attached hydrogen (secondary N) is 1. The van der Waals surface area contributed by atoms with Crippen molar-refractivity contribution in [3.63, 3.8) is 0 Å². The van der Waals surface area contributed by atoms with E-state index in [-0.39, 0.29) is 12.0 Å². The van der Waals surface area contributed by atoms with Gasteiger partial charge in [-0.2, -0.15) is 0 Å². The first-order valence-corrected chi connectivity index (χ1v) is 6.48. The Bertz CT molecular complexity index is 244. The molecular formula is C13H24FNO2. The molecule has 1 N–H and O–H groups in total. The molecule has 0 radical (unpaired) electrons. The summed E-state index contributed by atoms with van der Waals surface area (Å²) < 4.78 is 18.1. The van der Waals surface area contributed by atoms with Crippen molar-refractivity contribution in [2.75, 3.05) is 6.67 Å². The summed E-state index contributed by atoms with van der Waals surface area (Å²) >= 11 is 0. The zero-order valence-electron chi connectivity index (χ0n) is 11.1. The second-order valence-corrected chi connectivity index (χ2v) is 5.81. The Balaban J connectivity index is 2.42. The van der Waals surface area contributed by atoms with E-state index in [1.54, 1.807) is 20.8 Å². The summed E-state index contributed by atoms with van der Waals surface area (Å²) in [6.07, 6.45) is 5.00. The van der Waals surface area contributed by atoms with Crippen LogP contribution in [0.3, 0.4) is 0 Å². The fourth-order valence-corrected chi connectivity index (χ4v) is 2.28. The number of carbonyl (C=O) groups is 1. The topological polar surface area (TPSA) is 38.3 Å². The second-order valence-electron chi connectivity index (χ2n) is 5.81. The molecule has 1 aliphatic rings. The Morgan fingerprint density at radius 2 is 1.94 bits per heavy atom. The van der Waals surface area contributed by atoms with E-state index in [9.17, 15) is 9.18 Å². The number of ether oxygens (including phenoxy) is 1. The molecule has 0 heterocycles.